The average Bonchev–Trinajstić information content (AvgIpc) is 2.61. The van der Waals surface area contributed by atoms with Crippen LogP contribution >= 0.6 is 0 Å². The Bertz CT molecular complexity index is 344. The first-order chi connectivity index (χ1) is 7.44. The van der Waals surface area contributed by atoms with Gasteiger partial charge in [-0.1, -0.05) is 27.2 Å². The van der Waals surface area contributed by atoms with Crippen molar-refractivity contribution in [1.82, 2.24) is 4.57 Å². The van der Waals surface area contributed by atoms with Crippen molar-refractivity contribution in [2.24, 2.45) is 7.05 Å². The maximum atomic E-state index is 12.9. The zero-order chi connectivity index (χ0) is 12.3. The largest absolute Gasteiger partial charge is 0.356 e. The smallest absolute Gasteiger partial charge is 0.265 e. The van der Waals surface area contributed by atoms with Gasteiger partial charge in [-0.05, 0) is 23.8 Å². The zero-order valence-electron chi connectivity index (χ0n) is 10.6. The van der Waals surface area contributed by atoms with Crippen molar-refractivity contribution >= 4 is 0 Å². The normalized spacial score (nSPS) is 15.4. The van der Waals surface area contributed by atoms with Crippen LogP contribution in [0.1, 0.15) is 57.6 Å². The number of hydrogen-bond donors (Lipinski definition) is 0. The summed E-state index contributed by atoms with van der Waals surface area (Å²) in [6, 6.07) is 0. The molecule has 1 rings (SSSR count). The van der Waals surface area contributed by atoms with Crippen LogP contribution in [0.5, 0.6) is 0 Å². The monoisotopic (exact) mass is 229 g/mol. The van der Waals surface area contributed by atoms with Crippen LogP contribution in [0.3, 0.4) is 0 Å². The van der Waals surface area contributed by atoms with Gasteiger partial charge >= 0.3 is 0 Å². The summed E-state index contributed by atoms with van der Waals surface area (Å²) in [5.41, 5.74) is 0.886. The predicted molar refractivity (Wildman–Crippen MR) is 62.9 cm³/mol. The number of aromatic nitrogens is 1. The summed E-state index contributed by atoms with van der Waals surface area (Å²) in [6.45, 7) is 6.24. The lowest BCUT2D eigenvalue weighted by molar-refractivity contribution is 0.148. The minimum atomic E-state index is -2.38. The number of halogens is 2. The molecule has 1 aromatic heterocycles. The van der Waals surface area contributed by atoms with Crippen LogP contribution in [0.15, 0.2) is 12.4 Å². The first kappa shape index (κ1) is 13.2. The molecule has 0 radical (unpaired) electrons. The van der Waals surface area contributed by atoms with E-state index in [-0.39, 0.29) is 11.0 Å². The van der Waals surface area contributed by atoms with Gasteiger partial charge in [-0.25, -0.2) is 8.78 Å². The molecule has 0 N–H and O–H groups in total. The molecule has 92 valence electrons. The molecule has 0 amide bonds. The van der Waals surface area contributed by atoms with Gasteiger partial charge in [0.2, 0.25) is 0 Å². The van der Waals surface area contributed by atoms with Gasteiger partial charge in [0.15, 0.2) is 0 Å². The third kappa shape index (κ3) is 2.45. The molecule has 1 nitrogen and oxygen atoms in total. The van der Waals surface area contributed by atoms with Gasteiger partial charge in [-0.15, -0.1) is 0 Å². The minimum Gasteiger partial charge on any atom is -0.356 e. The second-order valence-corrected chi connectivity index (χ2v) is 4.76. The Kier molecular flexibility index (Phi) is 4.11. The fraction of sp³-hybridized carbons (Fsp3) is 0.692. The second-order valence-electron chi connectivity index (χ2n) is 4.76. The topological polar surface area (TPSA) is 4.93 Å². The maximum Gasteiger partial charge on any atom is 0.265 e. The van der Waals surface area contributed by atoms with Crippen LogP contribution in [-0.2, 0) is 12.5 Å². The van der Waals surface area contributed by atoms with Crippen molar-refractivity contribution in [3.05, 3.63) is 23.5 Å². The van der Waals surface area contributed by atoms with E-state index >= 15 is 0 Å². The van der Waals surface area contributed by atoms with E-state index in [1.807, 2.05) is 6.20 Å². The van der Waals surface area contributed by atoms with Gasteiger partial charge < -0.3 is 4.57 Å². The van der Waals surface area contributed by atoms with Crippen LogP contribution in [0, 0.1) is 0 Å². The minimum absolute atomic E-state index is 0.123. The third-order valence-corrected chi connectivity index (χ3v) is 3.45. The molecule has 0 saturated heterocycles. The highest BCUT2D eigenvalue weighted by molar-refractivity contribution is 5.33. The average molecular weight is 229 g/mol. The van der Waals surface area contributed by atoms with Gasteiger partial charge in [0.05, 0.1) is 0 Å². The molecular formula is C13H21F2N. The molecule has 0 aliphatic carbocycles. The molecule has 0 fully saturated rings. The van der Waals surface area contributed by atoms with E-state index in [1.165, 1.54) is 0 Å². The Morgan fingerprint density at radius 1 is 1.31 bits per heavy atom. The molecule has 0 spiro atoms. The molecule has 3 heteroatoms. The molecule has 1 heterocycles. The molecule has 1 atom stereocenters. The van der Waals surface area contributed by atoms with Crippen molar-refractivity contribution in [1.29, 1.82) is 0 Å². The van der Waals surface area contributed by atoms with E-state index in [0.717, 1.165) is 24.8 Å². The zero-order valence-corrected chi connectivity index (χ0v) is 10.6. The van der Waals surface area contributed by atoms with E-state index in [9.17, 15) is 8.78 Å². The van der Waals surface area contributed by atoms with Crippen molar-refractivity contribution in [3.63, 3.8) is 0 Å². The van der Waals surface area contributed by atoms with Gasteiger partial charge in [-0.2, -0.15) is 0 Å². The standard InChI is InChI=1S/C13H21F2N/c1-5-7-13(3,6-2)11-9-16(4)8-10(11)12(14)15/h8-9,12H,5-7H2,1-4H3. The van der Waals surface area contributed by atoms with Crippen LogP contribution in [-0.4, -0.2) is 4.57 Å². The van der Waals surface area contributed by atoms with Gasteiger partial charge in [0, 0.05) is 25.0 Å². The molecule has 0 bridgehead atoms. The summed E-state index contributed by atoms with van der Waals surface area (Å²) < 4.78 is 27.6. The Morgan fingerprint density at radius 3 is 2.38 bits per heavy atom. The molecular weight excluding hydrogens is 208 g/mol. The van der Waals surface area contributed by atoms with Crippen molar-refractivity contribution in [3.8, 4) is 0 Å². The number of hydrogen-bond acceptors (Lipinski definition) is 0. The highest BCUT2D eigenvalue weighted by atomic mass is 19.3. The summed E-state index contributed by atoms with van der Waals surface area (Å²) in [6.07, 6.45) is 3.88. The highest BCUT2D eigenvalue weighted by Gasteiger charge is 2.30. The Balaban J connectivity index is 3.18. The fourth-order valence-corrected chi connectivity index (χ4v) is 2.34. The summed E-state index contributed by atoms with van der Waals surface area (Å²) in [5.74, 6) is 0. The lowest BCUT2D eigenvalue weighted by Gasteiger charge is -2.28. The molecule has 0 aliphatic heterocycles. The molecule has 1 unspecified atom stereocenters. The van der Waals surface area contributed by atoms with Gasteiger partial charge in [0.1, 0.15) is 0 Å². The van der Waals surface area contributed by atoms with Crippen molar-refractivity contribution in [2.45, 2.75) is 51.9 Å². The summed E-state index contributed by atoms with van der Waals surface area (Å²) in [4.78, 5) is 0. The Morgan fingerprint density at radius 2 is 1.94 bits per heavy atom. The number of alkyl halides is 2. The highest BCUT2D eigenvalue weighted by Crippen LogP contribution is 2.38. The van der Waals surface area contributed by atoms with Crippen LogP contribution in [0.25, 0.3) is 0 Å². The molecule has 0 aromatic carbocycles. The lowest BCUT2D eigenvalue weighted by Crippen LogP contribution is -2.21. The summed E-state index contributed by atoms with van der Waals surface area (Å²) >= 11 is 0. The fourth-order valence-electron chi connectivity index (χ4n) is 2.34. The lowest BCUT2D eigenvalue weighted by atomic mass is 9.76. The van der Waals surface area contributed by atoms with Crippen molar-refractivity contribution < 1.29 is 8.78 Å². The summed E-state index contributed by atoms with van der Waals surface area (Å²) in [5, 5.41) is 0. The quantitative estimate of drug-likeness (QED) is 0.704. The first-order valence-corrected chi connectivity index (χ1v) is 5.89. The van der Waals surface area contributed by atoms with E-state index in [1.54, 1.807) is 17.8 Å². The second kappa shape index (κ2) is 4.98. The Hall–Kier alpha value is -0.860. The first-order valence-electron chi connectivity index (χ1n) is 5.89. The van der Waals surface area contributed by atoms with Crippen molar-refractivity contribution in [2.75, 3.05) is 0 Å². The van der Waals surface area contributed by atoms with E-state index in [0.29, 0.717) is 0 Å². The van der Waals surface area contributed by atoms with Crippen LogP contribution in [0.4, 0.5) is 8.78 Å². The van der Waals surface area contributed by atoms with Crippen LogP contribution < -0.4 is 0 Å². The number of rotatable bonds is 5. The predicted octanol–water partition coefficient (Wildman–Crippen LogP) is 4.43. The third-order valence-electron chi connectivity index (χ3n) is 3.45. The van der Waals surface area contributed by atoms with E-state index in [2.05, 4.69) is 20.8 Å². The SMILES string of the molecule is CCCC(C)(CC)c1cn(C)cc1C(F)F. The molecule has 0 saturated carbocycles. The molecule has 1 aromatic rings. The van der Waals surface area contributed by atoms with Gasteiger partial charge in [0.25, 0.3) is 6.43 Å². The number of aryl methyl sites for hydroxylation is 1. The Labute approximate surface area is 96.5 Å². The number of nitrogens with zero attached hydrogens (tertiary/aromatic N) is 1. The van der Waals surface area contributed by atoms with Gasteiger partial charge in [-0.3, -0.25) is 0 Å². The van der Waals surface area contributed by atoms with E-state index < -0.39 is 6.43 Å². The molecule has 0 aliphatic rings. The maximum absolute atomic E-state index is 12.9. The molecule has 16 heavy (non-hydrogen) atoms. The van der Waals surface area contributed by atoms with E-state index in [4.69, 9.17) is 0 Å². The van der Waals surface area contributed by atoms with Crippen LogP contribution in [0.2, 0.25) is 0 Å². The summed E-state index contributed by atoms with van der Waals surface area (Å²) in [7, 11) is 1.80.